The minimum absolute atomic E-state index is 0.113. The van der Waals surface area contributed by atoms with E-state index in [0.29, 0.717) is 6.54 Å². The number of rotatable bonds is 7. The third-order valence-electron chi connectivity index (χ3n) is 3.05. The molecule has 0 aliphatic carbocycles. The minimum Gasteiger partial charge on any atom is -0.352 e. The second kappa shape index (κ2) is 7.88. The van der Waals surface area contributed by atoms with Crippen LogP contribution in [0.2, 0.25) is 0 Å². The summed E-state index contributed by atoms with van der Waals surface area (Å²) in [6, 6.07) is 10.4. The standard InChI is InChI=1S/C15H24N2O/c1-4-17(5-2)12-15(18)16-13(3)11-14-9-7-6-8-10-14/h6-10,13H,4-5,11-12H2,1-3H3,(H,16,18)/t13-/m1/s1. The van der Waals surface area contributed by atoms with E-state index < -0.39 is 0 Å². The number of hydrogen-bond acceptors (Lipinski definition) is 2. The van der Waals surface area contributed by atoms with Gasteiger partial charge in [-0.2, -0.15) is 0 Å². The first-order chi connectivity index (χ1) is 8.65. The number of likely N-dealkylation sites (N-methyl/N-ethyl adjacent to an activating group) is 1. The molecule has 0 spiro atoms. The van der Waals surface area contributed by atoms with Gasteiger partial charge in [0, 0.05) is 6.04 Å². The van der Waals surface area contributed by atoms with Crippen LogP contribution in [0.1, 0.15) is 26.3 Å². The molecule has 100 valence electrons. The van der Waals surface area contributed by atoms with Crippen LogP contribution in [-0.2, 0) is 11.2 Å². The van der Waals surface area contributed by atoms with Crippen LogP contribution in [-0.4, -0.2) is 36.5 Å². The number of carbonyl (C=O) groups is 1. The summed E-state index contributed by atoms with van der Waals surface area (Å²) in [6.45, 7) is 8.52. The summed E-state index contributed by atoms with van der Waals surface area (Å²) in [5.41, 5.74) is 1.26. The molecule has 0 unspecified atom stereocenters. The molecule has 0 radical (unpaired) electrons. The highest BCUT2D eigenvalue weighted by molar-refractivity contribution is 5.78. The normalized spacial score (nSPS) is 12.4. The van der Waals surface area contributed by atoms with Gasteiger partial charge in [0.1, 0.15) is 0 Å². The SMILES string of the molecule is CCN(CC)CC(=O)N[C@H](C)Cc1ccccc1. The summed E-state index contributed by atoms with van der Waals surface area (Å²) in [4.78, 5) is 13.9. The molecule has 0 aromatic heterocycles. The highest BCUT2D eigenvalue weighted by Crippen LogP contribution is 2.02. The van der Waals surface area contributed by atoms with Crippen LogP contribution in [0.25, 0.3) is 0 Å². The molecule has 1 amide bonds. The average molecular weight is 248 g/mol. The van der Waals surface area contributed by atoms with Crippen molar-refractivity contribution in [3.63, 3.8) is 0 Å². The van der Waals surface area contributed by atoms with E-state index in [1.54, 1.807) is 0 Å². The van der Waals surface area contributed by atoms with Gasteiger partial charge in [-0.3, -0.25) is 9.69 Å². The molecule has 1 aromatic carbocycles. The Balaban J connectivity index is 2.36. The van der Waals surface area contributed by atoms with E-state index in [2.05, 4.69) is 36.2 Å². The van der Waals surface area contributed by atoms with Gasteiger partial charge in [0.05, 0.1) is 6.54 Å². The van der Waals surface area contributed by atoms with E-state index in [9.17, 15) is 4.79 Å². The zero-order valence-corrected chi connectivity index (χ0v) is 11.6. The molecule has 3 nitrogen and oxygen atoms in total. The Labute approximate surface area is 110 Å². The molecular weight excluding hydrogens is 224 g/mol. The van der Waals surface area contributed by atoms with Crippen molar-refractivity contribution in [1.82, 2.24) is 10.2 Å². The maximum Gasteiger partial charge on any atom is 0.234 e. The van der Waals surface area contributed by atoms with Crippen LogP contribution >= 0.6 is 0 Å². The lowest BCUT2D eigenvalue weighted by molar-refractivity contribution is -0.122. The number of nitrogens with one attached hydrogen (secondary N) is 1. The van der Waals surface area contributed by atoms with E-state index in [0.717, 1.165) is 19.5 Å². The lowest BCUT2D eigenvalue weighted by Crippen LogP contribution is -2.41. The van der Waals surface area contributed by atoms with Gasteiger partial charge in [-0.05, 0) is 32.0 Å². The second-order valence-corrected chi connectivity index (χ2v) is 4.62. The molecule has 1 rings (SSSR count). The molecule has 0 bridgehead atoms. The molecule has 0 aliphatic rings. The van der Waals surface area contributed by atoms with Crippen molar-refractivity contribution in [3.05, 3.63) is 35.9 Å². The van der Waals surface area contributed by atoms with Crippen molar-refractivity contribution in [3.8, 4) is 0 Å². The molecule has 0 saturated carbocycles. The fourth-order valence-electron chi connectivity index (χ4n) is 1.99. The van der Waals surface area contributed by atoms with Crippen LogP contribution in [0.3, 0.4) is 0 Å². The number of carbonyl (C=O) groups excluding carboxylic acids is 1. The Morgan fingerprint density at radius 3 is 2.39 bits per heavy atom. The first kappa shape index (κ1) is 14.7. The van der Waals surface area contributed by atoms with E-state index in [4.69, 9.17) is 0 Å². The van der Waals surface area contributed by atoms with Crippen molar-refractivity contribution in [1.29, 1.82) is 0 Å². The first-order valence-corrected chi connectivity index (χ1v) is 6.71. The smallest absolute Gasteiger partial charge is 0.234 e. The minimum atomic E-state index is 0.113. The zero-order valence-electron chi connectivity index (χ0n) is 11.6. The molecule has 0 heterocycles. The summed E-state index contributed by atoms with van der Waals surface area (Å²) < 4.78 is 0. The number of benzene rings is 1. The Morgan fingerprint density at radius 2 is 1.83 bits per heavy atom. The molecule has 1 N–H and O–H groups in total. The van der Waals surface area contributed by atoms with Crippen LogP contribution in [0.5, 0.6) is 0 Å². The first-order valence-electron chi connectivity index (χ1n) is 6.71. The molecule has 1 aromatic rings. The maximum atomic E-state index is 11.8. The summed E-state index contributed by atoms with van der Waals surface area (Å²) >= 11 is 0. The van der Waals surface area contributed by atoms with E-state index in [1.165, 1.54) is 5.56 Å². The highest BCUT2D eigenvalue weighted by Gasteiger charge is 2.10. The van der Waals surface area contributed by atoms with Crippen molar-refractivity contribution in [2.24, 2.45) is 0 Å². The maximum absolute atomic E-state index is 11.8. The third kappa shape index (κ3) is 5.32. The predicted octanol–water partition coefficient (Wildman–Crippen LogP) is 2.08. The lowest BCUT2D eigenvalue weighted by atomic mass is 10.1. The van der Waals surface area contributed by atoms with Crippen molar-refractivity contribution in [2.75, 3.05) is 19.6 Å². The molecule has 18 heavy (non-hydrogen) atoms. The van der Waals surface area contributed by atoms with Gasteiger partial charge >= 0.3 is 0 Å². The average Bonchev–Trinajstić information content (AvgIpc) is 2.36. The number of amides is 1. The Bertz CT molecular complexity index is 347. The lowest BCUT2D eigenvalue weighted by Gasteiger charge is -2.20. The van der Waals surface area contributed by atoms with Gasteiger partial charge in [0.15, 0.2) is 0 Å². The molecule has 0 saturated heterocycles. The van der Waals surface area contributed by atoms with Gasteiger partial charge in [0.2, 0.25) is 5.91 Å². The van der Waals surface area contributed by atoms with Crippen molar-refractivity contribution >= 4 is 5.91 Å². The second-order valence-electron chi connectivity index (χ2n) is 4.62. The van der Waals surface area contributed by atoms with Crippen LogP contribution in [0.15, 0.2) is 30.3 Å². The fourth-order valence-corrected chi connectivity index (χ4v) is 1.99. The van der Waals surface area contributed by atoms with E-state index >= 15 is 0 Å². The molecule has 0 fully saturated rings. The Hall–Kier alpha value is -1.35. The monoisotopic (exact) mass is 248 g/mol. The third-order valence-corrected chi connectivity index (χ3v) is 3.05. The zero-order chi connectivity index (χ0) is 13.4. The fraction of sp³-hybridized carbons (Fsp3) is 0.533. The van der Waals surface area contributed by atoms with Crippen LogP contribution < -0.4 is 5.32 Å². The van der Waals surface area contributed by atoms with E-state index in [1.807, 2.05) is 25.1 Å². The van der Waals surface area contributed by atoms with Crippen LogP contribution in [0, 0.1) is 0 Å². The molecular formula is C15H24N2O. The Kier molecular flexibility index (Phi) is 6.44. The number of hydrogen-bond donors (Lipinski definition) is 1. The van der Waals surface area contributed by atoms with Gasteiger partial charge in [0.25, 0.3) is 0 Å². The van der Waals surface area contributed by atoms with Crippen LogP contribution in [0.4, 0.5) is 0 Å². The van der Waals surface area contributed by atoms with Gasteiger partial charge in [-0.15, -0.1) is 0 Å². The van der Waals surface area contributed by atoms with Crippen molar-refractivity contribution < 1.29 is 4.79 Å². The summed E-state index contributed by atoms with van der Waals surface area (Å²) in [5.74, 6) is 0.113. The largest absolute Gasteiger partial charge is 0.352 e. The van der Waals surface area contributed by atoms with Gasteiger partial charge < -0.3 is 5.32 Å². The highest BCUT2D eigenvalue weighted by atomic mass is 16.2. The van der Waals surface area contributed by atoms with Gasteiger partial charge in [-0.1, -0.05) is 44.2 Å². The number of nitrogens with zero attached hydrogens (tertiary/aromatic N) is 1. The van der Waals surface area contributed by atoms with E-state index in [-0.39, 0.29) is 11.9 Å². The summed E-state index contributed by atoms with van der Waals surface area (Å²) in [7, 11) is 0. The predicted molar refractivity (Wildman–Crippen MR) is 75.5 cm³/mol. The Morgan fingerprint density at radius 1 is 1.22 bits per heavy atom. The van der Waals surface area contributed by atoms with Gasteiger partial charge in [-0.25, -0.2) is 0 Å². The molecule has 0 aliphatic heterocycles. The topological polar surface area (TPSA) is 32.3 Å². The quantitative estimate of drug-likeness (QED) is 0.801. The summed E-state index contributed by atoms with van der Waals surface area (Å²) in [5, 5.41) is 3.05. The molecule has 3 heteroatoms. The summed E-state index contributed by atoms with van der Waals surface area (Å²) in [6.07, 6.45) is 0.880. The van der Waals surface area contributed by atoms with Crippen molar-refractivity contribution in [2.45, 2.75) is 33.2 Å². The molecule has 1 atom stereocenters.